The molecule has 1 aromatic heterocycles. The highest BCUT2D eigenvalue weighted by atomic mass is 32.1. The maximum atomic E-state index is 12.7. The standard InChI is InChI=1S/C20H20N2O2S/c1-12(2)18(15-10-8-14(9-11-15)13(3)23)22-19(24)20-21-16-6-4-5-7-17(16)25-20/h4-12,18H,1-3H3,(H,22,24). The largest absolute Gasteiger partial charge is 0.343 e. The number of ketones is 1. The van der Waals surface area contributed by atoms with Crippen molar-refractivity contribution in [3.8, 4) is 0 Å². The second-order valence-corrected chi connectivity index (χ2v) is 7.39. The lowest BCUT2D eigenvalue weighted by molar-refractivity contribution is 0.0924. The molecule has 0 aliphatic rings. The van der Waals surface area contributed by atoms with E-state index in [9.17, 15) is 9.59 Å². The molecule has 0 saturated carbocycles. The Morgan fingerprint density at radius 2 is 1.72 bits per heavy atom. The highest BCUT2D eigenvalue weighted by Gasteiger charge is 2.21. The molecule has 0 saturated heterocycles. The van der Waals surface area contributed by atoms with Crippen LogP contribution in [0.3, 0.4) is 0 Å². The number of amides is 1. The molecule has 0 fully saturated rings. The van der Waals surface area contributed by atoms with Crippen LogP contribution in [0.1, 0.15) is 52.5 Å². The average molecular weight is 352 g/mol. The van der Waals surface area contributed by atoms with Crippen molar-refractivity contribution in [2.45, 2.75) is 26.8 Å². The summed E-state index contributed by atoms with van der Waals surface area (Å²) in [5, 5.41) is 3.55. The Morgan fingerprint density at radius 3 is 2.32 bits per heavy atom. The highest BCUT2D eigenvalue weighted by molar-refractivity contribution is 7.20. The fourth-order valence-electron chi connectivity index (χ4n) is 2.73. The van der Waals surface area contributed by atoms with E-state index in [1.165, 1.54) is 11.3 Å². The number of Topliss-reactive ketones (excluding diaryl/α,β-unsaturated/α-hetero) is 1. The molecule has 0 bridgehead atoms. The van der Waals surface area contributed by atoms with Crippen LogP contribution in [0.5, 0.6) is 0 Å². The Balaban J connectivity index is 1.83. The summed E-state index contributed by atoms with van der Waals surface area (Å²) in [7, 11) is 0. The number of thiazole rings is 1. The smallest absolute Gasteiger partial charge is 0.280 e. The van der Waals surface area contributed by atoms with Crippen LogP contribution in [0, 0.1) is 5.92 Å². The highest BCUT2D eigenvalue weighted by Crippen LogP contribution is 2.25. The zero-order valence-corrected chi connectivity index (χ0v) is 15.3. The molecule has 1 N–H and O–H groups in total. The van der Waals surface area contributed by atoms with E-state index in [1.807, 2.05) is 36.4 Å². The summed E-state index contributed by atoms with van der Waals surface area (Å²) in [6.45, 7) is 5.66. The number of para-hydroxylation sites is 1. The summed E-state index contributed by atoms with van der Waals surface area (Å²) in [5.74, 6) is 0.0724. The number of nitrogens with zero attached hydrogens (tertiary/aromatic N) is 1. The fourth-order valence-corrected chi connectivity index (χ4v) is 3.60. The van der Waals surface area contributed by atoms with Crippen LogP contribution in [-0.2, 0) is 0 Å². The molecule has 2 aromatic carbocycles. The predicted molar refractivity (Wildman–Crippen MR) is 101 cm³/mol. The second-order valence-electron chi connectivity index (χ2n) is 6.36. The van der Waals surface area contributed by atoms with Crippen molar-refractivity contribution in [3.05, 3.63) is 64.7 Å². The summed E-state index contributed by atoms with van der Waals surface area (Å²) >= 11 is 1.39. The molecule has 3 rings (SSSR count). The molecule has 25 heavy (non-hydrogen) atoms. The summed E-state index contributed by atoms with van der Waals surface area (Å²) in [5.41, 5.74) is 2.49. The third-order valence-electron chi connectivity index (χ3n) is 4.12. The molecule has 0 aliphatic carbocycles. The van der Waals surface area contributed by atoms with E-state index < -0.39 is 0 Å². The molecule has 128 valence electrons. The monoisotopic (exact) mass is 352 g/mol. The Bertz CT molecular complexity index is 880. The summed E-state index contributed by atoms with van der Waals surface area (Å²) < 4.78 is 1.000. The van der Waals surface area contributed by atoms with Crippen molar-refractivity contribution >= 4 is 33.2 Å². The molecular formula is C20H20N2O2S. The third kappa shape index (κ3) is 3.77. The van der Waals surface area contributed by atoms with Crippen molar-refractivity contribution < 1.29 is 9.59 Å². The molecule has 1 heterocycles. The van der Waals surface area contributed by atoms with Crippen LogP contribution >= 0.6 is 11.3 Å². The molecule has 0 aliphatic heterocycles. The van der Waals surface area contributed by atoms with Gasteiger partial charge in [-0.15, -0.1) is 11.3 Å². The SMILES string of the molecule is CC(=O)c1ccc(C(NC(=O)c2nc3ccccc3s2)C(C)C)cc1. The number of hydrogen-bond donors (Lipinski definition) is 1. The van der Waals surface area contributed by atoms with Crippen molar-refractivity contribution in [1.82, 2.24) is 10.3 Å². The first-order chi connectivity index (χ1) is 12.0. The van der Waals surface area contributed by atoms with Gasteiger partial charge < -0.3 is 5.32 Å². The Morgan fingerprint density at radius 1 is 1.04 bits per heavy atom. The van der Waals surface area contributed by atoms with Crippen LogP contribution in [0.15, 0.2) is 48.5 Å². The lowest BCUT2D eigenvalue weighted by Crippen LogP contribution is -2.31. The van der Waals surface area contributed by atoms with Gasteiger partial charge in [0.25, 0.3) is 5.91 Å². The minimum absolute atomic E-state index is 0.0335. The summed E-state index contributed by atoms with van der Waals surface area (Å²) in [6.07, 6.45) is 0. The van der Waals surface area contributed by atoms with Crippen LogP contribution < -0.4 is 5.32 Å². The van der Waals surface area contributed by atoms with Crippen LogP contribution in [0.2, 0.25) is 0 Å². The minimum atomic E-state index is -0.171. The van der Waals surface area contributed by atoms with Gasteiger partial charge in [-0.1, -0.05) is 50.2 Å². The summed E-state index contributed by atoms with van der Waals surface area (Å²) in [4.78, 5) is 28.5. The number of nitrogens with one attached hydrogen (secondary N) is 1. The number of carbonyl (C=O) groups excluding carboxylic acids is 2. The van der Waals surface area contributed by atoms with Gasteiger partial charge in [-0.2, -0.15) is 0 Å². The second kappa shape index (κ2) is 7.15. The lowest BCUT2D eigenvalue weighted by Gasteiger charge is -2.22. The van der Waals surface area contributed by atoms with E-state index in [4.69, 9.17) is 0 Å². The minimum Gasteiger partial charge on any atom is -0.343 e. The van der Waals surface area contributed by atoms with Gasteiger partial charge in [0.05, 0.1) is 16.3 Å². The fraction of sp³-hybridized carbons (Fsp3) is 0.250. The van der Waals surface area contributed by atoms with Crippen LogP contribution in [-0.4, -0.2) is 16.7 Å². The molecule has 1 unspecified atom stereocenters. The molecule has 3 aromatic rings. The third-order valence-corrected chi connectivity index (χ3v) is 5.15. The van der Waals surface area contributed by atoms with Gasteiger partial charge >= 0.3 is 0 Å². The normalized spacial score (nSPS) is 12.3. The zero-order chi connectivity index (χ0) is 18.0. The van der Waals surface area contributed by atoms with Crippen molar-refractivity contribution in [2.24, 2.45) is 5.92 Å². The molecule has 1 atom stereocenters. The van der Waals surface area contributed by atoms with E-state index in [0.717, 1.165) is 15.8 Å². The van der Waals surface area contributed by atoms with Gasteiger partial charge in [-0.25, -0.2) is 4.98 Å². The average Bonchev–Trinajstić information content (AvgIpc) is 3.03. The van der Waals surface area contributed by atoms with E-state index in [1.54, 1.807) is 19.1 Å². The number of carbonyl (C=O) groups is 2. The van der Waals surface area contributed by atoms with Gasteiger partial charge in [0.1, 0.15) is 0 Å². The molecule has 5 heteroatoms. The van der Waals surface area contributed by atoms with Crippen LogP contribution in [0.25, 0.3) is 10.2 Å². The molecule has 0 radical (unpaired) electrons. The number of benzene rings is 2. The number of rotatable bonds is 5. The zero-order valence-electron chi connectivity index (χ0n) is 14.4. The van der Waals surface area contributed by atoms with Crippen LogP contribution in [0.4, 0.5) is 0 Å². The first-order valence-corrected chi connectivity index (χ1v) is 9.04. The Labute approximate surface area is 150 Å². The van der Waals surface area contributed by atoms with E-state index in [2.05, 4.69) is 24.1 Å². The van der Waals surface area contributed by atoms with E-state index >= 15 is 0 Å². The first kappa shape index (κ1) is 17.3. The van der Waals surface area contributed by atoms with Gasteiger partial charge in [0.2, 0.25) is 0 Å². The Kier molecular flexibility index (Phi) is 4.95. The maximum absolute atomic E-state index is 12.7. The van der Waals surface area contributed by atoms with Gasteiger partial charge in [0, 0.05) is 5.56 Å². The molecule has 0 spiro atoms. The molecule has 4 nitrogen and oxygen atoms in total. The van der Waals surface area contributed by atoms with Gasteiger partial charge in [-0.3, -0.25) is 9.59 Å². The van der Waals surface area contributed by atoms with Crippen molar-refractivity contribution in [1.29, 1.82) is 0 Å². The molecule has 1 amide bonds. The van der Waals surface area contributed by atoms with Gasteiger partial charge in [0.15, 0.2) is 10.8 Å². The predicted octanol–water partition coefficient (Wildman–Crippen LogP) is 4.63. The summed E-state index contributed by atoms with van der Waals surface area (Å²) in [6, 6.07) is 15.0. The number of fused-ring (bicyclic) bond motifs is 1. The topological polar surface area (TPSA) is 59.1 Å². The van der Waals surface area contributed by atoms with E-state index in [0.29, 0.717) is 10.6 Å². The quantitative estimate of drug-likeness (QED) is 0.681. The van der Waals surface area contributed by atoms with E-state index in [-0.39, 0.29) is 23.7 Å². The van der Waals surface area contributed by atoms with Crippen molar-refractivity contribution in [3.63, 3.8) is 0 Å². The van der Waals surface area contributed by atoms with Crippen molar-refractivity contribution in [2.75, 3.05) is 0 Å². The number of hydrogen-bond acceptors (Lipinski definition) is 4. The van der Waals surface area contributed by atoms with Gasteiger partial charge in [-0.05, 0) is 30.5 Å². The maximum Gasteiger partial charge on any atom is 0.280 e. The Hall–Kier alpha value is -2.53. The number of aromatic nitrogens is 1. The molecular weight excluding hydrogens is 332 g/mol. The first-order valence-electron chi connectivity index (χ1n) is 8.23. The lowest BCUT2D eigenvalue weighted by atomic mass is 9.94.